The first-order valence-electron chi connectivity index (χ1n) is 9.25. The molecule has 2 amide bonds. The molecule has 0 aliphatic carbocycles. The molecule has 2 aromatic carbocycles. The fourth-order valence-corrected chi connectivity index (χ4v) is 5.06. The second-order valence-corrected chi connectivity index (χ2v) is 8.46. The van der Waals surface area contributed by atoms with Crippen molar-refractivity contribution in [2.45, 2.75) is 19.1 Å². The van der Waals surface area contributed by atoms with Gasteiger partial charge in [-0.25, -0.2) is 9.96 Å². The summed E-state index contributed by atoms with van der Waals surface area (Å²) in [5, 5.41) is 4.19. The van der Waals surface area contributed by atoms with E-state index in [0.29, 0.717) is 16.3 Å². The topological polar surface area (TPSA) is 49.9 Å². The van der Waals surface area contributed by atoms with Gasteiger partial charge < -0.3 is 0 Å². The van der Waals surface area contributed by atoms with Crippen LogP contribution in [0, 0.1) is 12.8 Å². The molecule has 5 rings (SSSR count). The van der Waals surface area contributed by atoms with E-state index in [1.807, 2.05) is 47.8 Å². The highest BCUT2D eigenvalue weighted by Crippen LogP contribution is 2.49. The first-order valence-corrected chi connectivity index (χ1v) is 10.5. The lowest BCUT2D eigenvalue weighted by molar-refractivity contribution is -0.126. The number of fused-ring (bicyclic) bond motifs is 1. The largest absolute Gasteiger partial charge is 0.273 e. The predicted octanol–water partition coefficient (Wildman–Crippen LogP) is 4.76. The molecular formula is C22H17ClN2O3S. The Morgan fingerprint density at radius 1 is 0.966 bits per heavy atom. The maximum absolute atomic E-state index is 13.5. The monoisotopic (exact) mass is 424 g/mol. The van der Waals surface area contributed by atoms with Crippen LogP contribution in [-0.4, -0.2) is 17.9 Å². The van der Waals surface area contributed by atoms with Gasteiger partial charge in [-0.3, -0.25) is 14.4 Å². The molecule has 7 heteroatoms. The SMILES string of the molecule is Cc1c(Cl)cccc1N1C(=O)[C@@H]2[C@H](ON(c3ccccc3)[C@@H]2c2cccs2)C1=O. The first-order chi connectivity index (χ1) is 14.1. The van der Waals surface area contributed by atoms with E-state index in [1.54, 1.807) is 41.5 Å². The van der Waals surface area contributed by atoms with Crippen LogP contribution in [0.3, 0.4) is 0 Å². The van der Waals surface area contributed by atoms with Crippen molar-refractivity contribution >= 4 is 46.1 Å². The number of imide groups is 1. The van der Waals surface area contributed by atoms with Gasteiger partial charge in [0.05, 0.1) is 11.4 Å². The van der Waals surface area contributed by atoms with Crippen molar-refractivity contribution in [1.82, 2.24) is 0 Å². The summed E-state index contributed by atoms with van der Waals surface area (Å²) in [7, 11) is 0. The summed E-state index contributed by atoms with van der Waals surface area (Å²) < 4.78 is 0. The highest BCUT2D eigenvalue weighted by Gasteiger charge is 2.60. The number of carbonyl (C=O) groups is 2. The van der Waals surface area contributed by atoms with Crippen LogP contribution >= 0.6 is 22.9 Å². The molecule has 0 spiro atoms. The number of nitrogens with zero attached hydrogens (tertiary/aromatic N) is 2. The molecule has 29 heavy (non-hydrogen) atoms. The maximum atomic E-state index is 13.5. The van der Waals surface area contributed by atoms with Crippen LogP contribution in [0.5, 0.6) is 0 Å². The third-order valence-electron chi connectivity index (χ3n) is 5.44. The standard InChI is InChI=1S/C22H17ClN2O3S/c1-13-15(23)9-5-10-16(13)24-21(26)18-19(17-11-6-12-29-17)25(28-20(18)22(24)27)14-7-3-2-4-8-14/h2-12,18-20H,1H3/t18-,19+,20-/m0/s1. The molecule has 0 bridgehead atoms. The van der Waals surface area contributed by atoms with Gasteiger partial charge in [0.15, 0.2) is 6.10 Å². The minimum atomic E-state index is -0.867. The normalized spacial score (nSPS) is 23.7. The number of hydrogen-bond acceptors (Lipinski definition) is 5. The summed E-state index contributed by atoms with van der Waals surface area (Å²) in [6.45, 7) is 1.81. The van der Waals surface area contributed by atoms with Crippen molar-refractivity contribution < 1.29 is 14.4 Å². The average Bonchev–Trinajstić information content (AvgIpc) is 3.43. The number of para-hydroxylation sites is 1. The van der Waals surface area contributed by atoms with Gasteiger partial charge in [0.1, 0.15) is 12.0 Å². The fraction of sp³-hybridized carbons (Fsp3) is 0.182. The van der Waals surface area contributed by atoms with E-state index in [1.165, 1.54) is 4.90 Å². The van der Waals surface area contributed by atoms with Crippen LogP contribution in [0.25, 0.3) is 0 Å². The van der Waals surface area contributed by atoms with Crippen LogP contribution in [0.2, 0.25) is 5.02 Å². The van der Waals surface area contributed by atoms with Gasteiger partial charge in [0.2, 0.25) is 5.91 Å². The number of hydrogen-bond donors (Lipinski definition) is 0. The quantitative estimate of drug-likeness (QED) is 0.569. The molecule has 0 unspecified atom stereocenters. The molecule has 5 nitrogen and oxygen atoms in total. The molecule has 0 saturated carbocycles. The number of anilines is 2. The lowest BCUT2D eigenvalue weighted by atomic mass is 9.95. The van der Waals surface area contributed by atoms with Gasteiger partial charge in [-0.2, -0.15) is 0 Å². The van der Waals surface area contributed by atoms with Crippen molar-refractivity contribution in [1.29, 1.82) is 0 Å². The molecule has 2 saturated heterocycles. The molecule has 0 radical (unpaired) electrons. The van der Waals surface area contributed by atoms with E-state index >= 15 is 0 Å². The summed E-state index contributed by atoms with van der Waals surface area (Å²) >= 11 is 7.78. The third-order valence-corrected chi connectivity index (χ3v) is 6.79. The van der Waals surface area contributed by atoms with Crippen molar-refractivity contribution in [2.75, 3.05) is 9.96 Å². The second-order valence-electron chi connectivity index (χ2n) is 7.07. The number of amides is 2. The molecule has 146 valence electrons. The zero-order chi connectivity index (χ0) is 20.1. The minimum absolute atomic E-state index is 0.262. The summed E-state index contributed by atoms with van der Waals surface area (Å²) in [4.78, 5) is 35.1. The van der Waals surface area contributed by atoms with Crippen molar-refractivity contribution in [3.8, 4) is 0 Å². The van der Waals surface area contributed by atoms with Gasteiger partial charge >= 0.3 is 0 Å². The van der Waals surface area contributed by atoms with Gasteiger partial charge in [0, 0.05) is 9.90 Å². The number of thiophene rings is 1. The molecule has 1 aromatic heterocycles. The molecule has 0 N–H and O–H groups in total. The van der Waals surface area contributed by atoms with Gasteiger partial charge in [0.25, 0.3) is 5.91 Å². The van der Waals surface area contributed by atoms with Gasteiger partial charge in [-0.05, 0) is 48.2 Å². The smallest absolute Gasteiger partial charge is 0.266 e. The predicted molar refractivity (Wildman–Crippen MR) is 113 cm³/mol. The highest BCUT2D eigenvalue weighted by atomic mass is 35.5. The molecule has 2 aliphatic heterocycles. The summed E-state index contributed by atoms with van der Waals surface area (Å²) in [5.41, 5.74) is 2.02. The van der Waals surface area contributed by atoms with Crippen LogP contribution < -0.4 is 9.96 Å². The minimum Gasteiger partial charge on any atom is -0.273 e. The van der Waals surface area contributed by atoms with Crippen molar-refractivity contribution in [2.24, 2.45) is 5.92 Å². The van der Waals surface area contributed by atoms with Crippen LogP contribution in [-0.2, 0) is 14.4 Å². The summed E-state index contributed by atoms with van der Waals surface area (Å²) in [5.74, 6) is -1.24. The van der Waals surface area contributed by atoms with Crippen LogP contribution in [0.4, 0.5) is 11.4 Å². The van der Waals surface area contributed by atoms with E-state index in [0.717, 1.165) is 10.6 Å². The van der Waals surface area contributed by atoms with Crippen LogP contribution in [0.1, 0.15) is 16.5 Å². The van der Waals surface area contributed by atoms with Gasteiger partial charge in [-0.1, -0.05) is 41.9 Å². The zero-order valence-electron chi connectivity index (χ0n) is 15.5. The number of halogens is 1. The Hall–Kier alpha value is -2.67. The van der Waals surface area contributed by atoms with E-state index in [2.05, 4.69) is 0 Å². The first kappa shape index (κ1) is 18.4. The second kappa shape index (κ2) is 6.99. The Kier molecular flexibility index (Phi) is 4.42. The molecule has 3 aromatic rings. The van der Waals surface area contributed by atoms with E-state index < -0.39 is 12.0 Å². The summed E-state index contributed by atoms with van der Waals surface area (Å²) in [6, 6.07) is 18.3. The van der Waals surface area contributed by atoms with Gasteiger partial charge in [-0.15, -0.1) is 11.3 Å². The molecule has 2 fully saturated rings. The lowest BCUT2D eigenvalue weighted by Gasteiger charge is -2.28. The number of benzene rings is 2. The lowest BCUT2D eigenvalue weighted by Crippen LogP contribution is -2.37. The van der Waals surface area contributed by atoms with E-state index in [-0.39, 0.29) is 17.9 Å². The Balaban J connectivity index is 1.59. The Morgan fingerprint density at radius 3 is 2.48 bits per heavy atom. The molecule has 3 heterocycles. The summed E-state index contributed by atoms with van der Waals surface area (Å²) in [6.07, 6.45) is -0.867. The highest BCUT2D eigenvalue weighted by molar-refractivity contribution is 7.10. The Morgan fingerprint density at radius 2 is 1.76 bits per heavy atom. The maximum Gasteiger partial charge on any atom is 0.266 e. The molecule has 3 atom stereocenters. The molecule has 2 aliphatic rings. The zero-order valence-corrected chi connectivity index (χ0v) is 17.1. The third kappa shape index (κ3) is 2.79. The van der Waals surface area contributed by atoms with Crippen LogP contribution in [0.15, 0.2) is 66.0 Å². The number of carbonyl (C=O) groups excluding carboxylic acids is 2. The van der Waals surface area contributed by atoms with Crippen molar-refractivity contribution in [3.63, 3.8) is 0 Å². The fourth-order valence-electron chi connectivity index (χ4n) is 4.04. The molecular weight excluding hydrogens is 408 g/mol. The Labute approximate surface area is 177 Å². The Bertz CT molecular complexity index is 1090. The van der Waals surface area contributed by atoms with Crippen molar-refractivity contribution in [3.05, 3.63) is 81.5 Å². The number of rotatable bonds is 3. The average molecular weight is 425 g/mol. The van der Waals surface area contributed by atoms with E-state index in [9.17, 15) is 9.59 Å². The number of hydroxylamine groups is 1. The van der Waals surface area contributed by atoms with E-state index in [4.69, 9.17) is 16.4 Å².